The minimum atomic E-state index is -1.43. The lowest BCUT2D eigenvalue weighted by molar-refractivity contribution is -0.143. The van der Waals surface area contributed by atoms with Crippen LogP contribution in [0.25, 0.3) is 0 Å². The largest absolute Gasteiger partial charge is 0.481 e. The molecule has 3 heterocycles. The van der Waals surface area contributed by atoms with Gasteiger partial charge >= 0.3 is 11.9 Å². The third-order valence-electron chi connectivity index (χ3n) is 4.14. The van der Waals surface area contributed by atoms with E-state index in [1.807, 2.05) is 0 Å². The van der Waals surface area contributed by atoms with Gasteiger partial charge in [-0.15, -0.1) is 11.3 Å². The molecule has 0 aliphatic carbocycles. The summed E-state index contributed by atoms with van der Waals surface area (Å²) in [5.74, 6) is -4.10. The number of nitrogens with one attached hydrogen (secondary N) is 1. The van der Waals surface area contributed by atoms with Crippen LogP contribution in [0, 0.1) is 0 Å². The van der Waals surface area contributed by atoms with E-state index in [-0.39, 0.29) is 40.7 Å². The average Bonchev–Trinajstić information content (AvgIpc) is 3.28. The summed E-state index contributed by atoms with van der Waals surface area (Å²) >= 11 is 1.09. The van der Waals surface area contributed by atoms with Gasteiger partial charge in [-0.05, 0) is 5.57 Å². The summed E-state index contributed by atoms with van der Waals surface area (Å²) < 4.78 is 0. The van der Waals surface area contributed by atoms with Gasteiger partial charge in [0, 0.05) is 18.5 Å². The van der Waals surface area contributed by atoms with Crippen molar-refractivity contribution in [3.05, 3.63) is 22.3 Å². The standard InChI is InChI=1S/C15H16N6O7S.H2O/c1-28-19-10(8-5-29-15(16)18-8)12(24)17-7-4-20-3-6(2-9(22)23)11(14(26)27)21(20)13(7)25;/h5,7H,2-4H2,1H3,(H2,16,18)(H,17,24)(H,22,23)(H,26,27);1H2/b19-10-;. The number of aromatic nitrogens is 1. The lowest BCUT2D eigenvalue weighted by Crippen LogP contribution is -2.46. The Kier molecular flexibility index (Phi) is 6.70. The number of fused-ring (bicyclic) bond motifs is 1. The minimum Gasteiger partial charge on any atom is -0.481 e. The Morgan fingerprint density at radius 1 is 1.43 bits per heavy atom. The predicted octanol–water partition coefficient (Wildman–Crippen LogP) is -2.38. The summed E-state index contributed by atoms with van der Waals surface area (Å²) in [5, 5.41) is 28.4. The molecule has 14 nitrogen and oxygen atoms in total. The van der Waals surface area contributed by atoms with Crippen molar-refractivity contribution < 1.29 is 39.7 Å². The third kappa shape index (κ3) is 4.22. The number of aliphatic carboxylic acids is 2. The molecule has 0 aromatic carbocycles. The summed E-state index contributed by atoms with van der Waals surface area (Å²) in [4.78, 5) is 56.5. The SMILES string of the molecule is CO/N=C(\C(=O)NC1CN2CC(CC(=O)O)=C(C(=O)O)N2C1=O)c1csc(N)n1.O. The minimum absolute atomic E-state index is 0. The summed E-state index contributed by atoms with van der Waals surface area (Å²) in [6, 6.07) is -1.07. The van der Waals surface area contributed by atoms with Crippen LogP contribution in [0.3, 0.4) is 0 Å². The molecular weight excluding hydrogens is 424 g/mol. The van der Waals surface area contributed by atoms with Crippen LogP contribution in [-0.2, 0) is 24.0 Å². The lowest BCUT2D eigenvalue weighted by Gasteiger charge is -2.19. The maximum absolute atomic E-state index is 12.7. The summed E-state index contributed by atoms with van der Waals surface area (Å²) in [5.41, 5.74) is 5.21. The Balaban J connectivity index is 0.00000320. The Morgan fingerprint density at radius 3 is 2.67 bits per heavy atom. The number of carboxylic acid groups (broad SMARTS) is 2. The van der Waals surface area contributed by atoms with Gasteiger partial charge in [0.1, 0.15) is 24.5 Å². The Labute approximate surface area is 172 Å². The molecule has 2 amide bonds. The van der Waals surface area contributed by atoms with Gasteiger partial charge in [-0.1, -0.05) is 5.16 Å². The number of anilines is 1. The van der Waals surface area contributed by atoms with Crippen LogP contribution in [0.1, 0.15) is 12.1 Å². The molecule has 162 valence electrons. The van der Waals surface area contributed by atoms with E-state index in [9.17, 15) is 24.3 Å². The zero-order valence-corrected chi connectivity index (χ0v) is 16.3. The van der Waals surface area contributed by atoms with Gasteiger partial charge in [-0.2, -0.15) is 0 Å². The fourth-order valence-corrected chi connectivity index (χ4v) is 3.63. The molecule has 1 aromatic rings. The van der Waals surface area contributed by atoms with Gasteiger partial charge in [-0.3, -0.25) is 14.4 Å². The monoisotopic (exact) mass is 442 g/mol. The maximum atomic E-state index is 12.7. The van der Waals surface area contributed by atoms with Crippen LogP contribution >= 0.6 is 11.3 Å². The van der Waals surface area contributed by atoms with Gasteiger partial charge in [0.25, 0.3) is 11.8 Å². The number of nitrogens with two attached hydrogens (primary N) is 1. The van der Waals surface area contributed by atoms with Crippen molar-refractivity contribution in [1.29, 1.82) is 0 Å². The lowest BCUT2D eigenvalue weighted by atomic mass is 10.1. The van der Waals surface area contributed by atoms with E-state index in [0.29, 0.717) is 0 Å². The van der Waals surface area contributed by atoms with E-state index in [4.69, 9.17) is 10.8 Å². The van der Waals surface area contributed by atoms with E-state index in [1.54, 1.807) is 0 Å². The highest BCUT2D eigenvalue weighted by Gasteiger charge is 2.48. The van der Waals surface area contributed by atoms with Gasteiger partial charge in [0.05, 0.1) is 6.42 Å². The first kappa shape index (κ1) is 22.7. The third-order valence-corrected chi connectivity index (χ3v) is 4.81. The molecule has 1 fully saturated rings. The molecule has 30 heavy (non-hydrogen) atoms. The van der Waals surface area contributed by atoms with Gasteiger partial charge < -0.3 is 31.6 Å². The maximum Gasteiger partial charge on any atom is 0.354 e. The van der Waals surface area contributed by atoms with Crippen molar-refractivity contribution in [1.82, 2.24) is 20.3 Å². The highest BCUT2D eigenvalue weighted by molar-refractivity contribution is 7.13. The molecule has 2 aliphatic rings. The van der Waals surface area contributed by atoms with Crippen LogP contribution in [-0.4, -0.2) is 86.4 Å². The van der Waals surface area contributed by atoms with E-state index in [2.05, 4.69) is 20.3 Å². The molecule has 3 rings (SSSR count). The molecule has 0 radical (unpaired) electrons. The molecule has 0 bridgehead atoms. The van der Waals surface area contributed by atoms with Crippen molar-refractivity contribution in [2.24, 2.45) is 5.16 Å². The second kappa shape index (κ2) is 8.85. The van der Waals surface area contributed by atoms with E-state index in [0.717, 1.165) is 16.3 Å². The number of carboxylic acids is 2. The Morgan fingerprint density at radius 2 is 2.13 bits per heavy atom. The summed E-state index contributed by atoms with van der Waals surface area (Å²) in [6.07, 6.45) is -0.505. The number of hydrogen-bond acceptors (Lipinski definition) is 10. The van der Waals surface area contributed by atoms with Crippen LogP contribution in [0.15, 0.2) is 21.8 Å². The van der Waals surface area contributed by atoms with E-state index < -0.39 is 41.9 Å². The first-order chi connectivity index (χ1) is 13.7. The first-order valence-electron chi connectivity index (χ1n) is 8.12. The van der Waals surface area contributed by atoms with Crippen LogP contribution < -0.4 is 11.1 Å². The predicted molar refractivity (Wildman–Crippen MR) is 101 cm³/mol. The zero-order valence-electron chi connectivity index (χ0n) is 15.5. The number of rotatable bonds is 7. The van der Waals surface area contributed by atoms with Gasteiger partial charge in [0.2, 0.25) is 0 Å². The molecule has 1 aromatic heterocycles. The fourth-order valence-electron chi connectivity index (χ4n) is 3.08. The van der Waals surface area contributed by atoms with E-state index in [1.165, 1.54) is 17.5 Å². The molecule has 1 saturated heterocycles. The number of amides is 2. The van der Waals surface area contributed by atoms with Crippen LogP contribution in [0.2, 0.25) is 0 Å². The summed E-state index contributed by atoms with van der Waals surface area (Å²) in [7, 11) is 1.24. The van der Waals surface area contributed by atoms with Crippen molar-refractivity contribution in [3.63, 3.8) is 0 Å². The molecule has 0 spiro atoms. The number of carbonyl (C=O) groups excluding carboxylic acids is 2. The molecule has 7 N–H and O–H groups in total. The Hall–Kier alpha value is -3.56. The van der Waals surface area contributed by atoms with Crippen LogP contribution in [0.4, 0.5) is 5.13 Å². The fraction of sp³-hybridized carbons (Fsp3) is 0.333. The van der Waals surface area contributed by atoms with Gasteiger partial charge in [0.15, 0.2) is 10.8 Å². The number of hydrogen-bond donors (Lipinski definition) is 4. The second-order valence-electron chi connectivity index (χ2n) is 6.04. The van der Waals surface area contributed by atoms with E-state index >= 15 is 0 Å². The molecule has 15 heteroatoms. The molecule has 2 aliphatic heterocycles. The molecule has 1 unspecified atom stereocenters. The molecular formula is C15H18N6O8S. The first-order valence-corrected chi connectivity index (χ1v) is 9.00. The van der Waals surface area contributed by atoms with Gasteiger partial charge in [-0.25, -0.2) is 19.8 Å². The molecule has 1 atom stereocenters. The van der Waals surface area contributed by atoms with Crippen molar-refractivity contribution in [3.8, 4) is 0 Å². The highest BCUT2D eigenvalue weighted by atomic mass is 32.1. The Bertz CT molecular complexity index is 957. The zero-order chi connectivity index (χ0) is 21.3. The number of nitrogens with zero attached hydrogens (tertiary/aromatic N) is 4. The van der Waals surface area contributed by atoms with Crippen molar-refractivity contribution in [2.75, 3.05) is 25.9 Å². The number of oxime groups is 1. The normalized spacial score (nSPS) is 18.8. The smallest absolute Gasteiger partial charge is 0.354 e. The average molecular weight is 442 g/mol. The quantitative estimate of drug-likeness (QED) is 0.259. The molecule has 0 saturated carbocycles. The number of nitrogen functional groups attached to an aromatic ring is 1. The second-order valence-corrected chi connectivity index (χ2v) is 6.93. The van der Waals surface area contributed by atoms with Crippen molar-refractivity contribution in [2.45, 2.75) is 12.5 Å². The number of hydrazine groups is 1. The van der Waals surface area contributed by atoms with Crippen molar-refractivity contribution >= 4 is 45.9 Å². The topological polar surface area (TPSA) is 219 Å². The summed E-state index contributed by atoms with van der Waals surface area (Å²) in [6.45, 7) is -0.0857. The number of carbonyl (C=O) groups is 4. The number of thiazole rings is 1. The van der Waals surface area contributed by atoms with Crippen LogP contribution in [0.5, 0.6) is 0 Å². The highest BCUT2D eigenvalue weighted by Crippen LogP contribution is 2.31.